The second kappa shape index (κ2) is 8.99. The van der Waals surface area contributed by atoms with Gasteiger partial charge in [0.1, 0.15) is 5.58 Å². The Morgan fingerprint density at radius 3 is 2.36 bits per heavy atom. The van der Waals surface area contributed by atoms with Crippen LogP contribution in [0.4, 0.5) is 5.69 Å². The van der Waals surface area contributed by atoms with E-state index in [1.165, 1.54) is 6.07 Å². The van der Waals surface area contributed by atoms with E-state index in [2.05, 4.69) is 24.9 Å². The van der Waals surface area contributed by atoms with Gasteiger partial charge in [0.2, 0.25) is 0 Å². The highest BCUT2D eigenvalue weighted by molar-refractivity contribution is 5.80. The number of nitrogens with two attached hydrogens (primary N) is 2. The molecule has 0 atom stereocenters. The number of hydrogen-bond donors (Lipinski definition) is 2. The Morgan fingerprint density at radius 1 is 1.04 bits per heavy atom. The van der Waals surface area contributed by atoms with Crippen molar-refractivity contribution in [3.8, 4) is 0 Å². The monoisotopic (exact) mass is 347 g/mol. The summed E-state index contributed by atoms with van der Waals surface area (Å²) < 4.78 is 6.20. The van der Waals surface area contributed by atoms with Gasteiger partial charge in [-0.25, -0.2) is 4.79 Å². The summed E-state index contributed by atoms with van der Waals surface area (Å²) >= 11 is 0. The first-order valence-corrected chi connectivity index (χ1v) is 9.04. The van der Waals surface area contributed by atoms with E-state index < -0.39 is 0 Å². The summed E-state index contributed by atoms with van der Waals surface area (Å²) in [7, 11) is 2.21. The van der Waals surface area contributed by atoms with Gasteiger partial charge in [-0.05, 0) is 24.6 Å². The molecule has 0 spiro atoms. The number of anilines is 1. The maximum absolute atomic E-state index is 11.5. The maximum Gasteiger partial charge on any atom is 0.336 e. The molecule has 0 aliphatic heterocycles. The molecule has 1 aromatic carbocycles. The highest BCUT2D eigenvalue weighted by Crippen LogP contribution is 2.21. The first-order chi connectivity index (χ1) is 12.0. The van der Waals surface area contributed by atoms with Crippen molar-refractivity contribution in [1.82, 2.24) is 0 Å². The summed E-state index contributed by atoms with van der Waals surface area (Å²) in [6.45, 7) is 8.16. The molecule has 0 unspecified atom stereocenters. The van der Waals surface area contributed by atoms with Gasteiger partial charge in [-0.1, -0.05) is 6.92 Å². The van der Waals surface area contributed by atoms with Crippen LogP contribution < -0.4 is 22.0 Å². The van der Waals surface area contributed by atoms with Crippen molar-refractivity contribution in [3.05, 3.63) is 40.8 Å². The predicted octanol–water partition coefficient (Wildman–Crippen LogP) is 1.37. The molecule has 6 nitrogen and oxygen atoms in total. The highest BCUT2D eigenvalue weighted by atomic mass is 16.4. The van der Waals surface area contributed by atoms with Crippen molar-refractivity contribution >= 4 is 16.7 Å². The van der Waals surface area contributed by atoms with Gasteiger partial charge < -0.3 is 25.3 Å². The van der Waals surface area contributed by atoms with Gasteiger partial charge in [0.15, 0.2) is 0 Å². The number of quaternary nitrogens is 1. The van der Waals surface area contributed by atoms with Crippen LogP contribution in [0.3, 0.4) is 0 Å². The summed E-state index contributed by atoms with van der Waals surface area (Å²) in [4.78, 5) is 13.8. The molecule has 25 heavy (non-hydrogen) atoms. The average Bonchev–Trinajstić information content (AvgIpc) is 2.58. The molecule has 4 N–H and O–H groups in total. The van der Waals surface area contributed by atoms with Gasteiger partial charge in [-0.15, -0.1) is 0 Å². The van der Waals surface area contributed by atoms with E-state index in [9.17, 15) is 4.79 Å². The topological polar surface area (TPSA) is 85.5 Å². The molecule has 0 radical (unpaired) electrons. The van der Waals surface area contributed by atoms with Crippen LogP contribution in [-0.2, 0) is 0 Å². The van der Waals surface area contributed by atoms with Gasteiger partial charge in [-0.2, -0.15) is 0 Å². The summed E-state index contributed by atoms with van der Waals surface area (Å²) in [5.41, 5.74) is 13.0. The molecule has 0 saturated heterocycles. The second-order valence-electron chi connectivity index (χ2n) is 6.83. The average molecular weight is 347 g/mol. The zero-order valence-corrected chi connectivity index (χ0v) is 15.4. The first-order valence-electron chi connectivity index (χ1n) is 9.04. The molecule has 0 fully saturated rings. The van der Waals surface area contributed by atoms with E-state index in [1.807, 2.05) is 12.1 Å². The van der Waals surface area contributed by atoms with Gasteiger partial charge in [0.05, 0.1) is 33.2 Å². The fourth-order valence-electron chi connectivity index (χ4n) is 3.21. The molecule has 0 amide bonds. The third-order valence-electron chi connectivity index (χ3n) is 4.71. The van der Waals surface area contributed by atoms with Crippen molar-refractivity contribution in [2.75, 3.05) is 57.8 Å². The van der Waals surface area contributed by atoms with Crippen molar-refractivity contribution in [2.45, 2.75) is 13.3 Å². The molecule has 0 aliphatic carbocycles. The number of nitrogens with zero attached hydrogens (tertiary/aromatic N) is 2. The molecular formula is C19H31N4O2+. The van der Waals surface area contributed by atoms with Crippen molar-refractivity contribution in [3.63, 3.8) is 0 Å². The molecule has 2 rings (SSSR count). The fraction of sp³-hybridized carbons (Fsp3) is 0.526. The summed E-state index contributed by atoms with van der Waals surface area (Å²) in [6.07, 6.45) is 1.05. The van der Waals surface area contributed by atoms with Crippen LogP contribution in [-0.4, -0.2) is 57.3 Å². The number of rotatable bonds is 10. The van der Waals surface area contributed by atoms with Gasteiger partial charge >= 0.3 is 5.63 Å². The SMILES string of the molecule is CCCN(CC[N+](C)(CCN)CCN)c1ccc2ccc(=O)oc2c1. The van der Waals surface area contributed by atoms with Gasteiger partial charge in [0, 0.05) is 42.8 Å². The lowest BCUT2D eigenvalue weighted by atomic mass is 10.2. The maximum atomic E-state index is 11.5. The van der Waals surface area contributed by atoms with Crippen LogP contribution in [0, 0.1) is 0 Å². The minimum Gasteiger partial charge on any atom is -0.423 e. The molecule has 138 valence electrons. The smallest absolute Gasteiger partial charge is 0.336 e. The zero-order valence-electron chi connectivity index (χ0n) is 15.4. The van der Waals surface area contributed by atoms with Gasteiger partial charge in [-0.3, -0.25) is 0 Å². The van der Waals surface area contributed by atoms with Crippen LogP contribution in [0.2, 0.25) is 0 Å². The minimum atomic E-state index is -0.318. The van der Waals surface area contributed by atoms with Crippen LogP contribution >= 0.6 is 0 Å². The quantitative estimate of drug-likeness (QED) is 0.501. The summed E-state index contributed by atoms with van der Waals surface area (Å²) in [6, 6.07) is 9.31. The highest BCUT2D eigenvalue weighted by Gasteiger charge is 2.21. The van der Waals surface area contributed by atoms with Crippen LogP contribution in [0.15, 0.2) is 39.5 Å². The van der Waals surface area contributed by atoms with E-state index in [4.69, 9.17) is 15.9 Å². The van der Waals surface area contributed by atoms with Crippen molar-refractivity contribution < 1.29 is 8.90 Å². The third kappa shape index (κ3) is 5.29. The Bertz CT molecular complexity index is 723. The Labute approximate surface area is 149 Å². The summed E-state index contributed by atoms with van der Waals surface area (Å²) in [5.74, 6) is 0. The van der Waals surface area contributed by atoms with Crippen LogP contribution in [0.1, 0.15) is 13.3 Å². The van der Waals surface area contributed by atoms with Crippen molar-refractivity contribution in [2.24, 2.45) is 11.5 Å². The lowest BCUT2D eigenvalue weighted by Crippen LogP contribution is -2.53. The van der Waals surface area contributed by atoms with E-state index in [0.717, 1.165) is 54.7 Å². The van der Waals surface area contributed by atoms with E-state index >= 15 is 0 Å². The first kappa shape index (κ1) is 19.4. The Balaban J connectivity index is 2.20. The van der Waals surface area contributed by atoms with E-state index in [-0.39, 0.29) is 5.63 Å². The van der Waals surface area contributed by atoms with Gasteiger partial charge in [0.25, 0.3) is 0 Å². The lowest BCUT2D eigenvalue weighted by Gasteiger charge is -2.36. The summed E-state index contributed by atoms with van der Waals surface area (Å²) in [5, 5.41) is 0.937. The predicted molar refractivity (Wildman–Crippen MR) is 104 cm³/mol. The third-order valence-corrected chi connectivity index (χ3v) is 4.71. The molecule has 0 aliphatic rings. The molecule has 0 saturated carbocycles. The van der Waals surface area contributed by atoms with Crippen molar-refractivity contribution in [1.29, 1.82) is 0 Å². The number of fused-ring (bicyclic) bond motifs is 1. The fourth-order valence-corrected chi connectivity index (χ4v) is 3.21. The zero-order chi connectivity index (χ0) is 18.3. The Morgan fingerprint density at radius 2 is 1.72 bits per heavy atom. The Hall–Kier alpha value is -1.89. The largest absolute Gasteiger partial charge is 0.423 e. The molecule has 6 heteroatoms. The van der Waals surface area contributed by atoms with Crippen LogP contribution in [0.25, 0.3) is 11.0 Å². The standard InChI is InChI=1S/C19H31N4O2/c1-3-10-22(11-14-23(2,12-8-20)13-9-21)17-6-4-16-5-7-19(24)25-18(16)15-17/h4-7,15H,3,8-14,20-21H2,1-2H3/q+1. The van der Waals surface area contributed by atoms with Crippen LogP contribution in [0.5, 0.6) is 0 Å². The molecule has 2 aromatic rings. The van der Waals surface area contributed by atoms with E-state index in [1.54, 1.807) is 6.07 Å². The number of benzene rings is 1. The Kier molecular flexibility index (Phi) is 6.99. The lowest BCUT2D eigenvalue weighted by molar-refractivity contribution is -0.905. The number of hydrogen-bond acceptors (Lipinski definition) is 5. The number of likely N-dealkylation sites (N-methyl/N-ethyl adjacent to an activating group) is 1. The van der Waals surface area contributed by atoms with E-state index in [0.29, 0.717) is 18.7 Å². The molecule has 1 aromatic heterocycles. The molecule has 1 heterocycles. The molecular weight excluding hydrogens is 316 g/mol. The minimum absolute atomic E-state index is 0.318. The normalized spacial score (nSPS) is 11.8. The molecule has 0 bridgehead atoms. The second-order valence-corrected chi connectivity index (χ2v) is 6.83.